The summed E-state index contributed by atoms with van der Waals surface area (Å²) >= 11 is 12.4. The summed E-state index contributed by atoms with van der Waals surface area (Å²) in [4.78, 5) is 0. The lowest BCUT2D eigenvalue weighted by Crippen LogP contribution is -2.33. The van der Waals surface area contributed by atoms with Crippen LogP contribution in [0.15, 0.2) is 0 Å². The predicted octanol–water partition coefficient (Wildman–Crippen LogP) is 2.96. The quantitative estimate of drug-likeness (QED) is 0.794. The van der Waals surface area contributed by atoms with Gasteiger partial charge < -0.3 is 4.74 Å². The number of ether oxygens (including phenoxy) is 1. The first-order valence-corrected chi connectivity index (χ1v) is 6.77. The number of aryl methyl sites for hydroxylation is 2. The van der Waals surface area contributed by atoms with Gasteiger partial charge in [-0.1, -0.05) is 11.6 Å². The highest BCUT2D eigenvalue weighted by Gasteiger charge is 2.42. The van der Waals surface area contributed by atoms with E-state index in [0.717, 1.165) is 30.7 Å². The number of aromatic nitrogens is 2. The monoisotopic (exact) mass is 276 g/mol. The number of halogens is 2. The minimum Gasteiger partial charge on any atom is -0.378 e. The second-order valence-corrected chi connectivity index (χ2v) is 5.54. The van der Waals surface area contributed by atoms with Crippen molar-refractivity contribution in [1.82, 2.24) is 9.78 Å². The second kappa shape index (κ2) is 4.79. The molecule has 5 heteroatoms. The summed E-state index contributed by atoms with van der Waals surface area (Å²) in [5.41, 5.74) is 2.09. The molecule has 0 aromatic carbocycles. The third-order valence-electron chi connectivity index (χ3n) is 3.90. The Morgan fingerprint density at radius 1 is 1.59 bits per heavy atom. The fourth-order valence-electron chi connectivity index (χ4n) is 2.50. The maximum absolute atomic E-state index is 6.28. The largest absolute Gasteiger partial charge is 0.378 e. The summed E-state index contributed by atoms with van der Waals surface area (Å²) in [5, 5.41) is 5.06. The number of nitrogens with zero attached hydrogens (tertiary/aromatic N) is 2. The van der Waals surface area contributed by atoms with Gasteiger partial charge in [-0.05, 0) is 26.7 Å². The summed E-state index contributed by atoms with van der Waals surface area (Å²) < 4.78 is 7.38. The van der Waals surface area contributed by atoms with Gasteiger partial charge in [0.2, 0.25) is 0 Å². The van der Waals surface area contributed by atoms with Crippen molar-refractivity contribution < 1.29 is 4.74 Å². The molecule has 0 N–H and O–H groups in total. The van der Waals surface area contributed by atoms with Crippen LogP contribution in [0.5, 0.6) is 0 Å². The highest BCUT2D eigenvalue weighted by molar-refractivity contribution is 6.30. The van der Waals surface area contributed by atoms with Crippen molar-refractivity contribution >= 4 is 23.2 Å². The van der Waals surface area contributed by atoms with E-state index in [1.54, 1.807) is 4.68 Å². The average Bonchev–Trinajstić information content (AvgIpc) is 2.76. The van der Waals surface area contributed by atoms with Crippen molar-refractivity contribution in [2.24, 2.45) is 12.5 Å². The van der Waals surface area contributed by atoms with Crippen LogP contribution in [-0.2, 0) is 18.2 Å². The molecule has 0 saturated carbocycles. The van der Waals surface area contributed by atoms with Gasteiger partial charge in [-0.15, -0.1) is 11.6 Å². The van der Waals surface area contributed by atoms with Crippen LogP contribution in [0.2, 0.25) is 5.15 Å². The maximum Gasteiger partial charge on any atom is 0.130 e. The summed E-state index contributed by atoms with van der Waals surface area (Å²) in [6, 6.07) is 0. The lowest BCUT2D eigenvalue weighted by atomic mass is 9.78. The van der Waals surface area contributed by atoms with E-state index in [9.17, 15) is 0 Å². The molecule has 2 unspecified atom stereocenters. The van der Waals surface area contributed by atoms with Gasteiger partial charge in [-0.25, -0.2) is 0 Å². The molecule has 0 spiro atoms. The van der Waals surface area contributed by atoms with E-state index in [1.165, 1.54) is 0 Å². The van der Waals surface area contributed by atoms with Gasteiger partial charge in [-0.3, -0.25) is 4.68 Å². The van der Waals surface area contributed by atoms with Gasteiger partial charge in [0.05, 0.1) is 11.8 Å². The average molecular weight is 277 g/mol. The third kappa shape index (κ3) is 2.20. The standard InChI is InChI=1S/C12H18Cl2N2O/c1-8-10(11(14)16(3)15-8)6-12(7-13)4-5-17-9(12)2/h9H,4-7H2,1-3H3. The van der Waals surface area contributed by atoms with Crippen LogP contribution in [0, 0.1) is 12.3 Å². The summed E-state index contributed by atoms with van der Waals surface area (Å²) in [6.45, 7) is 4.86. The molecule has 2 rings (SSSR count). The van der Waals surface area contributed by atoms with Crippen molar-refractivity contribution in [3.63, 3.8) is 0 Å². The van der Waals surface area contributed by atoms with E-state index in [4.69, 9.17) is 27.9 Å². The molecule has 0 radical (unpaired) electrons. The summed E-state index contributed by atoms with van der Waals surface area (Å²) in [7, 11) is 1.86. The number of hydrogen-bond donors (Lipinski definition) is 0. The zero-order valence-corrected chi connectivity index (χ0v) is 12.0. The zero-order chi connectivity index (χ0) is 12.6. The van der Waals surface area contributed by atoms with Crippen molar-refractivity contribution in [2.75, 3.05) is 12.5 Å². The fourth-order valence-corrected chi connectivity index (χ4v) is 3.19. The van der Waals surface area contributed by atoms with Crippen LogP contribution in [0.3, 0.4) is 0 Å². The molecule has 1 saturated heterocycles. The third-order valence-corrected chi connectivity index (χ3v) is 4.90. The Labute approximate surface area is 112 Å². The number of rotatable bonds is 3. The van der Waals surface area contributed by atoms with E-state index in [0.29, 0.717) is 11.0 Å². The fraction of sp³-hybridized carbons (Fsp3) is 0.750. The minimum absolute atomic E-state index is 0.00100. The molecule has 96 valence electrons. The predicted molar refractivity (Wildman–Crippen MR) is 69.8 cm³/mol. The Balaban J connectivity index is 2.30. The Morgan fingerprint density at radius 3 is 2.71 bits per heavy atom. The maximum atomic E-state index is 6.28. The molecule has 17 heavy (non-hydrogen) atoms. The number of alkyl halides is 1. The van der Waals surface area contributed by atoms with Crippen LogP contribution in [0.25, 0.3) is 0 Å². The summed E-state index contributed by atoms with van der Waals surface area (Å²) in [6.07, 6.45) is 2.01. The molecular formula is C12H18Cl2N2O. The highest BCUT2D eigenvalue weighted by Crippen LogP contribution is 2.41. The molecule has 2 heterocycles. The number of hydrogen-bond acceptors (Lipinski definition) is 2. The van der Waals surface area contributed by atoms with Crippen LogP contribution in [0.1, 0.15) is 24.6 Å². The van der Waals surface area contributed by atoms with E-state index in [1.807, 2.05) is 14.0 Å². The molecule has 2 atom stereocenters. The Hall–Kier alpha value is -0.250. The molecule has 1 aliphatic rings. The molecule has 0 aliphatic carbocycles. The van der Waals surface area contributed by atoms with Gasteiger partial charge in [0.1, 0.15) is 5.15 Å². The first-order valence-electron chi connectivity index (χ1n) is 5.86. The van der Waals surface area contributed by atoms with Crippen molar-refractivity contribution in [2.45, 2.75) is 32.8 Å². The van der Waals surface area contributed by atoms with Crippen LogP contribution in [0.4, 0.5) is 0 Å². The molecule has 1 fully saturated rings. The molecule has 0 amide bonds. The highest BCUT2D eigenvalue weighted by atomic mass is 35.5. The van der Waals surface area contributed by atoms with E-state index in [2.05, 4.69) is 12.0 Å². The topological polar surface area (TPSA) is 27.1 Å². The first-order chi connectivity index (χ1) is 8.00. The minimum atomic E-state index is -0.00100. The molecule has 3 nitrogen and oxygen atoms in total. The zero-order valence-electron chi connectivity index (χ0n) is 10.5. The SMILES string of the molecule is Cc1nn(C)c(Cl)c1CC1(CCl)CCOC1C. The van der Waals surface area contributed by atoms with Gasteiger partial charge in [0.15, 0.2) is 0 Å². The van der Waals surface area contributed by atoms with Gasteiger partial charge in [0, 0.05) is 30.5 Å². The van der Waals surface area contributed by atoms with Crippen LogP contribution >= 0.6 is 23.2 Å². The second-order valence-electron chi connectivity index (χ2n) is 4.91. The lowest BCUT2D eigenvalue weighted by molar-refractivity contribution is 0.0735. The molecule has 0 bridgehead atoms. The van der Waals surface area contributed by atoms with Crippen LogP contribution < -0.4 is 0 Å². The lowest BCUT2D eigenvalue weighted by Gasteiger charge is -2.29. The molecule has 1 aliphatic heterocycles. The van der Waals surface area contributed by atoms with Gasteiger partial charge in [0.25, 0.3) is 0 Å². The Bertz CT molecular complexity index is 419. The van der Waals surface area contributed by atoms with Crippen LogP contribution in [-0.4, -0.2) is 28.4 Å². The smallest absolute Gasteiger partial charge is 0.130 e. The Kier molecular flexibility index (Phi) is 3.71. The van der Waals surface area contributed by atoms with Crippen molar-refractivity contribution in [1.29, 1.82) is 0 Å². The molecular weight excluding hydrogens is 259 g/mol. The van der Waals surface area contributed by atoms with Gasteiger partial charge in [-0.2, -0.15) is 5.10 Å². The molecule has 1 aromatic heterocycles. The summed E-state index contributed by atoms with van der Waals surface area (Å²) in [5.74, 6) is 0.596. The van der Waals surface area contributed by atoms with Crippen molar-refractivity contribution in [3.05, 3.63) is 16.4 Å². The molecule has 1 aromatic rings. The van der Waals surface area contributed by atoms with E-state index in [-0.39, 0.29) is 11.5 Å². The normalized spacial score (nSPS) is 28.9. The Morgan fingerprint density at radius 2 is 2.29 bits per heavy atom. The van der Waals surface area contributed by atoms with Gasteiger partial charge >= 0.3 is 0 Å². The van der Waals surface area contributed by atoms with Crippen molar-refractivity contribution in [3.8, 4) is 0 Å². The first kappa shape index (κ1) is 13.2. The van der Waals surface area contributed by atoms with E-state index >= 15 is 0 Å². The van der Waals surface area contributed by atoms with E-state index < -0.39 is 0 Å².